The molecule has 0 atom stereocenters. The third-order valence-corrected chi connectivity index (χ3v) is 7.19. The summed E-state index contributed by atoms with van der Waals surface area (Å²) in [6.45, 7) is -0.136. The van der Waals surface area contributed by atoms with Crippen LogP contribution in [0.5, 0.6) is 0 Å². The standard InChI is InChI=1S/C29H27N3O2S/c30-25-18-10-11-19-26(25)32-27(33)20-31-28(34)21-35-29(22-12-4-1-5-13-22,23-14-6-2-7-15-23)24-16-8-3-9-17-24/h1-19H,20-21,30H2,(H,31,34)(H,32,33). The van der Waals surface area contributed by atoms with Gasteiger partial charge in [0.05, 0.1) is 28.4 Å². The summed E-state index contributed by atoms with van der Waals surface area (Å²) in [6.07, 6.45) is 0. The number of rotatable bonds is 9. The number of nitrogens with one attached hydrogen (secondary N) is 2. The van der Waals surface area contributed by atoms with E-state index >= 15 is 0 Å². The summed E-state index contributed by atoms with van der Waals surface area (Å²) in [6, 6.07) is 37.5. The summed E-state index contributed by atoms with van der Waals surface area (Å²) >= 11 is 1.53. The number of carbonyl (C=O) groups is 2. The van der Waals surface area contributed by atoms with E-state index in [2.05, 4.69) is 47.0 Å². The number of benzene rings is 4. The molecule has 0 heterocycles. The molecule has 176 valence electrons. The van der Waals surface area contributed by atoms with Crippen molar-refractivity contribution in [3.8, 4) is 0 Å². The van der Waals surface area contributed by atoms with Crippen LogP contribution in [0, 0.1) is 0 Å². The lowest BCUT2D eigenvalue weighted by atomic mass is 9.84. The van der Waals surface area contributed by atoms with Gasteiger partial charge in [0.15, 0.2) is 0 Å². The number of nitrogen functional groups attached to an aromatic ring is 1. The summed E-state index contributed by atoms with van der Waals surface area (Å²) < 4.78 is -0.595. The number of para-hydroxylation sites is 2. The molecule has 4 rings (SSSR count). The van der Waals surface area contributed by atoms with Gasteiger partial charge in [-0.25, -0.2) is 0 Å². The van der Waals surface area contributed by atoms with Crippen LogP contribution in [0.1, 0.15) is 16.7 Å². The SMILES string of the molecule is Nc1ccccc1NC(=O)CNC(=O)CSC(c1ccccc1)(c1ccccc1)c1ccccc1. The van der Waals surface area contributed by atoms with Gasteiger partial charge < -0.3 is 16.4 Å². The second-order valence-electron chi connectivity index (χ2n) is 7.98. The van der Waals surface area contributed by atoms with Crippen molar-refractivity contribution >= 4 is 35.0 Å². The molecule has 0 saturated heterocycles. The van der Waals surface area contributed by atoms with Crippen molar-refractivity contribution in [1.29, 1.82) is 0 Å². The van der Waals surface area contributed by atoms with Crippen molar-refractivity contribution in [3.05, 3.63) is 132 Å². The van der Waals surface area contributed by atoms with Gasteiger partial charge >= 0.3 is 0 Å². The molecule has 0 aliphatic heterocycles. The molecule has 6 heteroatoms. The maximum Gasteiger partial charge on any atom is 0.243 e. The molecule has 0 saturated carbocycles. The highest BCUT2D eigenvalue weighted by molar-refractivity contribution is 8.01. The van der Waals surface area contributed by atoms with Crippen LogP contribution in [0.15, 0.2) is 115 Å². The number of hydrogen-bond donors (Lipinski definition) is 3. The number of hydrogen-bond acceptors (Lipinski definition) is 4. The first-order valence-corrected chi connectivity index (χ1v) is 12.3. The molecule has 0 aliphatic carbocycles. The van der Waals surface area contributed by atoms with Crippen LogP contribution in [0.3, 0.4) is 0 Å². The number of thioether (sulfide) groups is 1. The van der Waals surface area contributed by atoms with E-state index in [1.807, 2.05) is 54.6 Å². The van der Waals surface area contributed by atoms with Crippen molar-refractivity contribution in [2.75, 3.05) is 23.3 Å². The third kappa shape index (κ3) is 5.73. The normalized spacial score (nSPS) is 11.0. The Labute approximate surface area is 209 Å². The van der Waals surface area contributed by atoms with Crippen molar-refractivity contribution in [2.45, 2.75) is 4.75 Å². The zero-order chi connectivity index (χ0) is 24.5. The highest BCUT2D eigenvalue weighted by Gasteiger charge is 2.37. The van der Waals surface area contributed by atoms with Gasteiger partial charge in [0.2, 0.25) is 11.8 Å². The van der Waals surface area contributed by atoms with Gasteiger partial charge in [-0.1, -0.05) is 103 Å². The van der Waals surface area contributed by atoms with Gasteiger partial charge in [0, 0.05) is 0 Å². The predicted octanol–water partition coefficient (Wildman–Crippen LogP) is 5.05. The molecular weight excluding hydrogens is 454 g/mol. The average Bonchev–Trinajstić information content (AvgIpc) is 2.91. The Kier molecular flexibility index (Phi) is 7.85. The molecule has 4 N–H and O–H groups in total. The summed E-state index contributed by atoms with van der Waals surface area (Å²) in [4.78, 5) is 25.2. The molecule has 4 aromatic rings. The topological polar surface area (TPSA) is 84.2 Å². The number of carbonyl (C=O) groups excluding carboxylic acids is 2. The van der Waals surface area contributed by atoms with E-state index in [4.69, 9.17) is 5.73 Å². The average molecular weight is 482 g/mol. The first kappa shape index (κ1) is 24.1. The van der Waals surface area contributed by atoms with E-state index in [9.17, 15) is 9.59 Å². The van der Waals surface area contributed by atoms with Crippen LogP contribution in [0.2, 0.25) is 0 Å². The minimum atomic E-state index is -0.595. The molecule has 0 aliphatic rings. The van der Waals surface area contributed by atoms with Crippen LogP contribution in [-0.2, 0) is 14.3 Å². The van der Waals surface area contributed by atoms with Crippen molar-refractivity contribution < 1.29 is 9.59 Å². The first-order valence-electron chi connectivity index (χ1n) is 11.3. The van der Waals surface area contributed by atoms with Crippen LogP contribution in [-0.4, -0.2) is 24.1 Å². The highest BCUT2D eigenvalue weighted by Crippen LogP contribution is 2.48. The van der Waals surface area contributed by atoms with Gasteiger partial charge in [-0.3, -0.25) is 9.59 Å². The second-order valence-corrected chi connectivity index (χ2v) is 9.17. The number of nitrogens with two attached hydrogens (primary N) is 1. The van der Waals surface area contributed by atoms with Crippen molar-refractivity contribution in [3.63, 3.8) is 0 Å². The largest absolute Gasteiger partial charge is 0.397 e. The van der Waals surface area contributed by atoms with E-state index < -0.39 is 4.75 Å². The minimum absolute atomic E-state index is 0.136. The Morgan fingerprint density at radius 1 is 0.657 bits per heavy atom. The molecule has 0 fully saturated rings. The smallest absolute Gasteiger partial charge is 0.243 e. The Bertz CT molecular complexity index is 1170. The van der Waals surface area contributed by atoms with E-state index in [1.165, 1.54) is 11.8 Å². The Hall–Kier alpha value is -4.03. The zero-order valence-corrected chi connectivity index (χ0v) is 20.0. The van der Waals surface area contributed by atoms with Gasteiger partial charge in [-0.05, 0) is 28.8 Å². The first-order chi connectivity index (χ1) is 17.1. The zero-order valence-electron chi connectivity index (χ0n) is 19.2. The molecular formula is C29H27N3O2S. The van der Waals surface area contributed by atoms with Crippen LogP contribution < -0.4 is 16.4 Å². The third-order valence-electron chi connectivity index (χ3n) is 5.64. The molecule has 0 spiro atoms. The van der Waals surface area contributed by atoms with E-state index in [1.54, 1.807) is 24.3 Å². The molecule has 0 unspecified atom stereocenters. The molecule has 4 aromatic carbocycles. The maximum atomic E-state index is 12.9. The highest BCUT2D eigenvalue weighted by atomic mass is 32.2. The van der Waals surface area contributed by atoms with Gasteiger partial charge in [-0.2, -0.15) is 0 Å². The summed E-state index contributed by atoms with van der Waals surface area (Å²) in [7, 11) is 0. The summed E-state index contributed by atoms with van der Waals surface area (Å²) in [5, 5.41) is 5.47. The second kappa shape index (κ2) is 11.4. The molecule has 2 amide bonds. The maximum absolute atomic E-state index is 12.9. The number of amides is 2. The lowest BCUT2D eigenvalue weighted by Gasteiger charge is -2.35. The Morgan fingerprint density at radius 3 is 1.60 bits per heavy atom. The molecule has 0 radical (unpaired) electrons. The molecule has 35 heavy (non-hydrogen) atoms. The minimum Gasteiger partial charge on any atom is -0.397 e. The Morgan fingerprint density at radius 2 is 1.11 bits per heavy atom. The van der Waals surface area contributed by atoms with E-state index in [0.29, 0.717) is 11.4 Å². The van der Waals surface area contributed by atoms with Gasteiger partial charge in [0.1, 0.15) is 0 Å². The quantitative estimate of drug-likeness (QED) is 0.231. The number of anilines is 2. The predicted molar refractivity (Wildman–Crippen MR) is 144 cm³/mol. The van der Waals surface area contributed by atoms with E-state index in [0.717, 1.165) is 16.7 Å². The summed E-state index contributed by atoms with van der Waals surface area (Å²) in [5.41, 5.74) is 10.1. The van der Waals surface area contributed by atoms with Gasteiger partial charge in [-0.15, -0.1) is 11.8 Å². The monoisotopic (exact) mass is 481 g/mol. The van der Waals surface area contributed by atoms with Crippen molar-refractivity contribution in [1.82, 2.24) is 5.32 Å². The van der Waals surface area contributed by atoms with Gasteiger partial charge in [0.25, 0.3) is 0 Å². The molecule has 0 bridgehead atoms. The fourth-order valence-corrected chi connectivity index (χ4v) is 5.34. The lowest BCUT2D eigenvalue weighted by Crippen LogP contribution is -2.35. The van der Waals surface area contributed by atoms with Crippen LogP contribution in [0.4, 0.5) is 11.4 Å². The molecule has 0 aromatic heterocycles. The van der Waals surface area contributed by atoms with Crippen LogP contribution >= 0.6 is 11.8 Å². The lowest BCUT2D eigenvalue weighted by molar-refractivity contribution is -0.122. The van der Waals surface area contributed by atoms with E-state index in [-0.39, 0.29) is 24.1 Å². The van der Waals surface area contributed by atoms with Crippen LogP contribution in [0.25, 0.3) is 0 Å². The fraction of sp³-hybridized carbons (Fsp3) is 0.103. The Balaban J connectivity index is 1.54. The summed E-state index contributed by atoms with van der Waals surface area (Å²) in [5.74, 6) is -0.389. The molecule has 5 nitrogen and oxygen atoms in total. The van der Waals surface area contributed by atoms with Crippen molar-refractivity contribution in [2.24, 2.45) is 0 Å². The fourth-order valence-electron chi connectivity index (χ4n) is 3.98.